The number of aromatic amines is 1. The maximum Gasteiger partial charge on any atom is 0.343 e. The molecule has 168 valence electrons. The average Bonchev–Trinajstić information content (AvgIpc) is 3.19. The van der Waals surface area contributed by atoms with Gasteiger partial charge in [0.1, 0.15) is 0 Å². The predicted molar refractivity (Wildman–Crippen MR) is 127 cm³/mol. The number of hydrogen-bond acceptors (Lipinski definition) is 5. The molecule has 0 radical (unpaired) electrons. The van der Waals surface area contributed by atoms with Crippen molar-refractivity contribution in [3.63, 3.8) is 0 Å². The Bertz CT molecular complexity index is 1020. The monoisotopic (exact) mass is 451 g/mol. The summed E-state index contributed by atoms with van der Waals surface area (Å²) in [5.74, 6) is 0.374. The zero-order chi connectivity index (χ0) is 22.3. The van der Waals surface area contributed by atoms with Crippen molar-refractivity contribution in [3.05, 3.63) is 82.3 Å². The second-order valence-corrected chi connectivity index (χ2v) is 8.83. The summed E-state index contributed by atoms with van der Waals surface area (Å²) in [6, 6.07) is 21.3. The molecule has 0 bridgehead atoms. The lowest BCUT2D eigenvalue weighted by atomic mass is 9.96. The van der Waals surface area contributed by atoms with Gasteiger partial charge in [0.25, 0.3) is 0 Å². The molecule has 1 fully saturated rings. The molecule has 0 spiro atoms. The van der Waals surface area contributed by atoms with Crippen LogP contribution in [0.1, 0.15) is 30.5 Å². The van der Waals surface area contributed by atoms with E-state index >= 15 is 0 Å². The number of hydrogen-bond donors (Lipinski definition) is 1. The second-order valence-electron chi connectivity index (χ2n) is 7.89. The van der Waals surface area contributed by atoms with Gasteiger partial charge in [-0.25, -0.2) is 9.89 Å². The molecule has 0 unspecified atom stereocenters. The van der Waals surface area contributed by atoms with Gasteiger partial charge in [-0.3, -0.25) is 14.3 Å². The van der Waals surface area contributed by atoms with Gasteiger partial charge < -0.3 is 4.90 Å². The summed E-state index contributed by atoms with van der Waals surface area (Å²) in [7, 11) is 0. The van der Waals surface area contributed by atoms with Crippen LogP contribution in [0.15, 0.2) is 70.6 Å². The maximum atomic E-state index is 12.8. The fourth-order valence-electron chi connectivity index (χ4n) is 4.17. The summed E-state index contributed by atoms with van der Waals surface area (Å²) in [6.07, 6.45) is 0.840. The number of carbonyl (C=O) groups excluding carboxylic acids is 1. The first-order chi connectivity index (χ1) is 15.7. The summed E-state index contributed by atoms with van der Waals surface area (Å²) < 4.78 is 1.60. The molecule has 8 heteroatoms. The van der Waals surface area contributed by atoms with Gasteiger partial charge in [0.2, 0.25) is 5.91 Å². The van der Waals surface area contributed by atoms with Gasteiger partial charge >= 0.3 is 5.69 Å². The lowest BCUT2D eigenvalue weighted by Gasteiger charge is -2.39. The quantitative estimate of drug-likeness (QED) is 0.533. The number of amides is 1. The van der Waals surface area contributed by atoms with Crippen LogP contribution < -0.4 is 5.69 Å². The van der Waals surface area contributed by atoms with E-state index in [-0.39, 0.29) is 23.4 Å². The standard InChI is InChI=1S/C24H29N5O2S/c1-2-13-29-23(31)25-26-24(29)32-18-21(30)27-14-16-28(17-15-27)22(19-9-5-3-6-10-19)20-11-7-4-8-12-20/h3-12,22H,2,13-18H2,1H3,(H,25,31). The minimum atomic E-state index is -0.219. The van der Waals surface area contributed by atoms with Crippen LogP contribution in [-0.2, 0) is 11.3 Å². The Hall–Kier alpha value is -2.84. The first-order valence-electron chi connectivity index (χ1n) is 11.1. The Morgan fingerprint density at radius 2 is 1.59 bits per heavy atom. The van der Waals surface area contributed by atoms with Gasteiger partial charge in [0.05, 0.1) is 11.8 Å². The van der Waals surface area contributed by atoms with E-state index in [1.807, 2.05) is 24.0 Å². The fourth-order valence-corrected chi connectivity index (χ4v) is 5.04. The number of piperazine rings is 1. The molecule has 0 aliphatic carbocycles. The summed E-state index contributed by atoms with van der Waals surface area (Å²) in [6.45, 7) is 5.62. The lowest BCUT2D eigenvalue weighted by Crippen LogP contribution is -2.50. The van der Waals surface area contributed by atoms with Crippen LogP contribution in [0.25, 0.3) is 0 Å². The highest BCUT2D eigenvalue weighted by molar-refractivity contribution is 7.99. The van der Waals surface area contributed by atoms with Crippen molar-refractivity contribution in [3.8, 4) is 0 Å². The molecule has 1 aromatic heterocycles. The van der Waals surface area contributed by atoms with Crippen LogP contribution in [0.3, 0.4) is 0 Å². The highest BCUT2D eigenvalue weighted by atomic mass is 32.2. The average molecular weight is 452 g/mol. The molecule has 1 amide bonds. The van der Waals surface area contributed by atoms with Crippen molar-refractivity contribution < 1.29 is 4.79 Å². The normalized spacial score (nSPS) is 14.8. The Morgan fingerprint density at radius 3 is 2.16 bits per heavy atom. The molecule has 2 aromatic carbocycles. The van der Waals surface area contributed by atoms with Crippen LogP contribution in [0.2, 0.25) is 0 Å². The number of carbonyl (C=O) groups is 1. The molecule has 2 heterocycles. The van der Waals surface area contributed by atoms with E-state index in [4.69, 9.17) is 0 Å². The molecule has 1 saturated heterocycles. The number of H-pyrrole nitrogens is 1. The van der Waals surface area contributed by atoms with Gasteiger partial charge in [-0.1, -0.05) is 79.3 Å². The van der Waals surface area contributed by atoms with Gasteiger partial charge in [-0.05, 0) is 17.5 Å². The summed E-state index contributed by atoms with van der Waals surface area (Å²) in [5.41, 5.74) is 2.31. The molecular formula is C24H29N5O2S. The van der Waals surface area contributed by atoms with Crippen molar-refractivity contribution in [2.24, 2.45) is 0 Å². The Balaban J connectivity index is 1.38. The Morgan fingerprint density at radius 1 is 1.00 bits per heavy atom. The highest BCUT2D eigenvalue weighted by Gasteiger charge is 2.28. The van der Waals surface area contributed by atoms with E-state index in [0.717, 1.165) is 19.5 Å². The van der Waals surface area contributed by atoms with Crippen molar-refractivity contribution in [1.29, 1.82) is 0 Å². The molecule has 0 saturated carbocycles. The zero-order valence-electron chi connectivity index (χ0n) is 18.3. The molecule has 1 aliphatic heterocycles. The van der Waals surface area contributed by atoms with Crippen molar-refractivity contribution in [2.75, 3.05) is 31.9 Å². The van der Waals surface area contributed by atoms with E-state index in [1.54, 1.807) is 4.57 Å². The van der Waals surface area contributed by atoms with E-state index in [0.29, 0.717) is 24.8 Å². The molecule has 3 aromatic rings. The van der Waals surface area contributed by atoms with Crippen LogP contribution in [0.5, 0.6) is 0 Å². The van der Waals surface area contributed by atoms with Crippen LogP contribution in [-0.4, -0.2) is 62.4 Å². The van der Waals surface area contributed by atoms with E-state index in [1.165, 1.54) is 22.9 Å². The van der Waals surface area contributed by atoms with Crippen molar-refractivity contribution >= 4 is 17.7 Å². The van der Waals surface area contributed by atoms with E-state index < -0.39 is 0 Å². The van der Waals surface area contributed by atoms with Crippen molar-refractivity contribution in [1.82, 2.24) is 24.6 Å². The van der Waals surface area contributed by atoms with Gasteiger partial charge in [-0.2, -0.15) is 0 Å². The smallest absolute Gasteiger partial charge is 0.339 e. The zero-order valence-corrected chi connectivity index (χ0v) is 19.1. The second kappa shape index (κ2) is 10.7. The third-order valence-corrected chi connectivity index (χ3v) is 6.72. The molecule has 0 atom stereocenters. The maximum absolute atomic E-state index is 12.8. The molecule has 32 heavy (non-hydrogen) atoms. The first-order valence-corrected chi connectivity index (χ1v) is 12.1. The Labute approximate surface area is 192 Å². The van der Waals surface area contributed by atoms with Crippen molar-refractivity contribution in [2.45, 2.75) is 31.1 Å². The number of aromatic nitrogens is 3. The number of thioether (sulfide) groups is 1. The highest BCUT2D eigenvalue weighted by Crippen LogP contribution is 2.29. The largest absolute Gasteiger partial charge is 0.343 e. The topological polar surface area (TPSA) is 74.2 Å². The van der Waals surface area contributed by atoms with Crippen LogP contribution in [0, 0.1) is 0 Å². The SMILES string of the molecule is CCCn1c(SCC(=O)N2CCN(C(c3ccccc3)c3ccccc3)CC2)n[nH]c1=O. The summed E-state index contributed by atoms with van der Waals surface area (Å²) in [4.78, 5) is 29.0. The minimum Gasteiger partial charge on any atom is -0.339 e. The minimum absolute atomic E-state index is 0.0871. The number of nitrogens with one attached hydrogen (secondary N) is 1. The fraction of sp³-hybridized carbons (Fsp3) is 0.375. The molecule has 7 nitrogen and oxygen atoms in total. The van der Waals surface area contributed by atoms with Gasteiger partial charge in [0, 0.05) is 32.7 Å². The predicted octanol–water partition coefficient (Wildman–Crippen LogP) is 3.01. The molecule has 1 N–H and O–H groups in total. The third kappa shape index (κ3) is 5.14. The van der Waals surface area contributed by atoms with E-state index in [2.05, 4.69) is 63.6 Å². The molecule has 1 aliphatic rings. The van der Waals surface area contributed by atoms with Gasteiger partial charge in [0.15, 0.2) is 5.16 Å². The van der Waals surface area contributed by atoms with Crippen LogP contribution in [0.4, 0.5) is 0 Å². The van der Waals surface area contributed by atoms with E-state index in [9.17, 15) is 9.59 Å². The number of benzene rings is 2. The lowest BCUT2D eigenvalue weighted by molar-refractivity contribution is -0.130. The first kappa shape index (κ1) is 22.4. The number of rotatable bonds is 8. The summed E-state index contributed by atoms with van der Waals surface area (Å²) >= 11 is 1.33. The van der Waals surface area contributed by atoms with Crippen LogP contribution >= 0.6 is 11.8 Å². The molecular weight excluding hydrogens is 422 g/mol. The molecule has 4 rings (SSSR count). The Kier molecular flexibility index (Phi) is 7.44. The third-order valence-electron chi connectivity index (χ3n) is 5.76. The summed E-state index contributed by atoms with van der Waals surface area (Å²) in [5, 5.41) is 7.12. The van der Waals surface area contributed by atoms with Gasteiger partial charge in [-0.15, -0.1) is 5.10 Å². The number of nitrogens with zero attached hydrogens (tertiary/aromatic N) is 4.